The first-order valence-electron chi connectivity index (χ1n) is 2.96. The summed E-state index contributed by atoms with van der Waals surface area (Å²) in [6.45, 7) is 0. The van der Waals surface area contributed by atoms with Crippen molar-refractivity contribution in [2.75, 3.05) is 0 Å². The van der Waals surface area contributed by atoms with Crippen LogP contribution < -0.4 is 4.98 Å². The van der Waals surface area contributed by atoms with Crippen LogP contribution in [0.5, 0.6) is 0 Å². The summed E-state index contributed by atoms with van der Waals surface area (Å²) in [6, 6.07) is 3.54. The molecular weight excluding hydrogens is 130 g/mol. The van der Waals surface area contributed by atoms with Gasteiger partial charge in [-0.05, 0) is 6.07 Å². The van der Waals surface area contributed by atoms with E-state index in [1.54, 1.807) is 24.5 Å². The van der Waals surface area contributed by atoms with Gasteiger partial charge in [-0.2, -0.15) is 0 Å². The van der Waals surface area contributed by atoms with Gasteiger partial charge in [-0.15, -0.1) is 0 Å². The molecular formula is C7H8NO2+. The number of pyridine rings is 1. The minimum absolute atomic E-state index is 0.0807. The van der Waals surface area contributed by atoms with Crippen molar-refractivity contribution in [3.63, 3.8) is 0 Å². The van der Waals surface area contributed by atoms with Gasteiger partial charge in [0.25, 0.3) is 0 Å². The van der Waals surface area contributed by atoms with Crippen LogP contribution in [-0.2, 0) is 11.2 Å². The molecule has 1 aromatic rings. The average Bonchev–Trinajstić information content (AvgIpc) is 1.88. The lowest BCUT2D eigenvalue weighted by atomic mass is 10.2. The molecule has 0 fully saturated rings. The van der Waals surface area contributed by atoms with Crippen LogP contribution in [-0.4, -0.2) is 11.1 Å². The van der Waals surface area contributed by atoms with E-state index in [-0.39, 0.29) is 6.42 Å². The molecule has 52 valence electrons. The molecule has 0 atom stereocenters. The van der Waals surface area contributed by atoms with Crippen LogP contribution in [0, 0.1) is 0 Å². The number of aliphatic carboxylic acids is 1. The number of aromatic nitrogens is 1. The standard InChI is InChI=1S/C7H7NO2/c9-7(10)4-6-2-1-3-8-5-6/h1-3,5H,4H2,(H,9,10)/p+1. The predicted molar refractivity (Wildman–Crippen MR) is 34.3 cm³/mol. The van der Waals surface area contributed by atoms with E-state index in [4.69, 9.17) is 5.11 Å². The highest BCUT2D eigenvalue weighted by molar-refractivity contribution is 5.69. The molecule has 0 unspecified atom stereocenters. The van der Waals surface area contributed by atoms with E-state index >= 15 is 0 Å². The maximum Gasteiger partial charge on any atom is 0.308 e. The van der Waals surface area contributed by atoms with Gasteiger partial charge in [0.05, 0.1) is 6.42 Å². The summed E-state index contributed by atoms with van der Waals surface area (Å²) in [5, 5.41) is 8.35. The first-order chi connectivity index (χ1) is 4.79. The predicted octanol–water partition coefficient (Wildman–Crippen LogP) is 0.128. The third kappa shape index (κ3) is 1.85. The molecule has 0 aromatic carbocycles. The molecule has 3 heteroatoms. The summed E-state index contributed by atoms with van der Waals surface area (Å²) < 4.78 is 0. The molecule has 0 aliphatic heterocycles. The van der Waals surface area contributed by atoms with Crippen molar-refractivity contribution in [2.24, 2.45) is 0 Å². The Hall–Kier alpha value is -1.38. The summed E-state index contributed by atoms with van der Waals surface area (Å²) >= 11 is 0. The summed E-state index contributed by atoms with van der Waals surface area (Å²) in [7, 11) is 0. The van der Waals surface area contributed by atoms with Crippen LogP contribution in [0.25, 0.3) is 0 Å². The SMILES string of the molecule is O=C(O)Cc1ccc[nH+]c1. The number of rotatable bonds is 2. The average molecular weight is 138 g/mol. The van der Waals surface area contributed by atoms with Gasteiger partial charge in [-0.1, -0.05) is 0 Å². The van der Waals surface area contributed by atoms with Gasteiger partial charge in [0, 0.05) is 11.6 Å². The third-order valence-corrected chi connectivity index (χ3v) is 1.13. The van der Waals surface area contributed by atoms with Gasteiger partial charge in [-0.25, -0.2) is 4.98 Å². The Morgan fingerprint density at radius 3 is 3.00 bits per heavy atom. The van der Waals surface area contributed by atoms with Crippen LogP contribution in [0.2, 0.25) is 0 Å². The van der Waals surface area contributed by atoms with Gasteiger partial charge in [0.2, 0.25) is 0 Å². The Labute approximate surface area is 58.3 Å². The lowest BCUT2D eigenvalue weighted by molar-refractivity contribution is -0.378. The Bertz CT molecular complexity index is 220. The number of aromatic amines is 1. The molecule has 0 bridgehead atoms. The summed E-state index contributed by atoms with van der Waals surface area (Å²) in [4.78, 5) is 13.0. The largest absolute Gasteiger partial charge is 0.481 e. The van der Waals surface area contributed by atoms with E-state index in [1.165, 1.54) is 0 Å². The Morgan fingerprint density at radius 1 is 1.70 bits per heavy atom. The number of carbonyl (C=O) groups is 1. The highest BCUT2D eigenvalue weighted by Crippen LogP contribution is 1.93. The Morgan fingerprint density at radius 2 is 2.50 bits per heavy atom. The van der Waals surface area contributed by atoms with E-state index in [0.717, 1.165) is 5.56 Å². The molecule has 0 aliphatic carbocycles. The van der Waals surface area contributed by atoms with Gasteiger partial charge in [0.15, 0.2) is 12.4 Å². The number of H-pyrrole nitrogens is 1. The van der Waals surface area contributed by atoms with Crippen molar-refractivity contribution >= 4 is 5.97 Å². The van der Waals surface area contributed by atoms with Crippen LogP contribution >= 0.6 is 0 Å². The monoisotopic (exact) mass is 138 g/mol. The van der Waals surface area contributed by atoms with Crippen LogP contribution in [0.3, 0.4) is 0 Å². The van der Waals surface area contributed by atoms with Gasteiger partial charge < -0.3 is 5.11 Å². The zero-order valence-corrected chi connectivity index (χ0v) is 5.37. The maximum atomic E-state index is 10.2. The fourth-order valence-corrected chi connectivity index (χ4v) is 0.715. The minimum atomic E-state index is -0.806. The third-order valence-electron chi connectivity index (χ3n) is 1.13. The second-order valence-corrected chi connectivity index (χ2v) is 1.98. The smallest absolute Gasteiger partial charge is 0.308 e. The topological polar surface area (TPSA) is 51.4 Å². The molecule has 1 rings (SSSR count). The lowest BCUT2D eigenvalue weighted by Crippen LogP contribution is -2.05. The highest BCUT2D eigenvalue weighted by atomic mass is 16.4. The molecule has 0 aliphatic rings. The number of nitrogens with one attached hydrogen (secondary N) is 1. The normalized spacial score (nSPS) is 9.20. The van der Waals surface area contributed by atoms with E-state index in [0.29, 0.717) is 0 Å². The molecule has 3 nitrogen and oxygen atoms in total. The van der Waals surface area contributed by atoms with Crippen LogP contribution in [0.4, 0.5) is 0 Å². The number of carboxylic acid groups (broad SMARTS) is 1. The Kier molecular flexibility index (Phi) is 1.99. The molecule has 0 spiro atoms. The number of hydrogen-bond acceptors (Lipinski definition) is 1. The van der Waals surface area contributed by atoms with E-state index in [1.807, 2.05) is 0 Å². The maximum absolute atomic E-state index is 10.2. The first kappa shape index (κ1) is 6.74. The summed E-state index contributed by atoms with van der Waals surface area (Å²) in [6.07, 6.45) is 3.50. The van der Waals surface area contributed by atoms with Crippen molar-refractivity contribution < 1.29 is 14.9 Å². The van der Waals surface area contributed by atoms with E-state index < -0.39 is 5.97 Å². The zero-order valence-electron chi connectivity index (χ0n) is 5.37. The molecule has 10 heavy (non-hydrogen) atoms. The molecule has 2 N–H and O–H groups in total. The fraction of sp³-hybridized carbons (Fsp3) is 0.143. The zero-order chi connectivity index (χ0) is 7.40. The van der Waals surface area contributed by atoms with Crippen molar-refractivity contribution in [1.82, 2.24) is 0 Å². The van der Waals surface area contributed by atoms with Crippen molar-refractivity contribution in [3.05, 3.63) is 30.1 Å². The minimum Gasteiger partial charge on any atom is -0.481 e. The lowest BCUT2D eigenvalue weighted by Gasteiger charge is -1.88. The van der Waals surface area contributed by atoms with Gasteiger partial charge in [-0.3, -0.25) is 4.79 Å². The second-order valence-electron chi connectivity index (χ2n) is 1.98. The highest BCUT2D eigenvalue weighted by Gasteiger charge is 2.00. The molecule has 0 radical (unpaired) electrons. The van der Waals surface area contributed by atoms with Crippen molar-refractivity contribution in [2.45, 2.75) is 6.42 Å². The summed E-state index contributed by atoms with van der Waals surface area (Å²) in [5.41, 5.74) is 0.787. The molecule has 0 saturated carbocycles. The van der Waals surface area contributed by atoms with Gasteiger partial charge in [0.1, 0.15) is 0 Å². The van der Waals surface area contributed by atoms with E-state index in [9.17, 15) is 4.79 Å². The van der Waals surface area contributed by atoms with Crippen molar-refractivity contribution in [3.8, 4) is 0 Å². The Balaban J connectivity index is 2.67. The quantitative estimate of drug-likeness (QED) is 0.631. The fourth-order valence-electron chi connectivity index (χ4n) is 0.715. The summed E-state index contributed by atoms with van der Waals surface area (Å²) in [5.74, 6) is -0.806. The molecule has 1 heterocycles. The number of carboxylic acids is 1. The van der Waals surface area contributed by atoms with Gasteiger partial charge >= 0.3 is 5.97 Å². The second kappa shape index (κ2) is 2.96. The van der Waals surface area contributed by atoms with Crippen LogP contribution in [0.15, 0.2) is 24.5 Å². The number of hydrogen-bond donors (Lipinski definition) is 1. The van der Waals surface area contributed by atoms with E-state index in [2.05, 4.69) is 4.98 Å². The first-order valence-corrected chi connectivity index (χ1v) is 2.96. The molecule has 1 aromatic heterocycles. The molecule has 0 saturated heterocycles. The van der Waals surface area contributed by atoms with Crippen molar-refractivity contribution in [1.29, 1.82) is 0 Å². The van der Waals surface area contributed by atoms with Crippen LogP contribution in [0.1, 0.15) is 5.56 Å². The molecule has 0 amide bonds.